The topological polar surface area (TPSA) is 47.3 Å². The Bertz CT molecular complexity index is 339. The molecule has 0 aromatic heterocycles. The second kappa shape index (κ2) is 4.73. The van der Waals surface area contributed by atoms with Crippen LogP contribution in [-0.2, 0) is 0 Å². The average molecular weight is 229 g/mol. The number of halogens is 1. The van der Waals surface area contributed by atoms with E-state index in [9.17, 15) is 0 Å². The van der Waals surface area contributed by atoms with E-state index >= 15 is 0 Å². The largest absolute Gasteiger partial charge is 0.495 e. The van der Waals surface area contributed by atoms with Crippen LogP contribution < -0.4 is 15.8 Å². The minimum atomic E-state index is -0.183. The van der Waals surface area contributed by atoms with Gasteiger partial charge in [-0.15, -0.1) is 0 Å². The monoisotopic (exact) mass is 228 g/mol. The summed E-state index contributed by atoms with van der Waals surface area (Å²) in [4.78, 5) is 0. The zero-order chi connectivity index (χ0) is 11.5. The predicted molar refractivity (Wildman–Crippen MR) is 64.8 cm³/mol. The Morgan fingerprint density at radius 1 is 1.47 bits per heavy atom. The maximum atomic E-state index is 5.92. The van der Waals surface area contributed by atoms with Gasteiger partial charge in [0.05, 0.1) is 12.8 Å². The van der Waals surface area contributed by atoms with Crippen LogP contribution in [0, 0.1) is 0 Å². The molecule has 1 aromatic rings. The fourth-order valence-corrected chi connectivity index (χ4v) is 1.37. The highest BCUT2D eigenvalue weighted by atomic mass is 35.5. The molecular formula is C11H17ClN2O. The minimum Gasteiger partial charge on any atom is -0.495 e. The van der Waals surface area contributed by atoms with Crippen LogP contribution in [-0.4, -0.2) is 19.2 Å². The summed E-state index contributed by atoms with van der Waals surface area (Å²) in [6.45, 7) is 4.57. The summed E-state index contributed by atoms with van der Waals surface area (Å²) in [6, 6.07) is 5.45. The number of benzene rings is 1. The van der Waals surface area contributed by atoms with E-state index in [1.807, 2.05) is 26.0 Å². The summed E-state index contributed by atoms with van der Waals surface area (Å²) in [5.74, 6) is 0.765. The number of hydrogen-bond acceptors (Lipinski definition) is 3. The highest BCUT2D eigenvalue weighted by Gasteiger charge is 2.17. The molecule has 0 amide bonds. The molecule has 15 heavy (non-hydrogen) atoms. The molecule has 0 radical (unpaired) electrons. The summed E-state index contributed by atoms with van der Waals surface area (Å²) >= 11 is 5.92. The molecule has 1 rings (SSSR count). The van der Waals surface area contributed by atoms with E-state index in [4.69, 9.17) is 22.1 Å². The first-order chi connectivity index (χ1) is 6.98. The van der Waals surface area contributed by atoms with E-state index < -0.39 is 0 Å². The molecule has 0 spiro atoms. The number of rotatable bonds is 4. The first-order valence-electron chi connectivity index (χ1n) is 4.80. The van der Waals surface area contributed by atoms with Crippen LogP contribution in [0.3, 0.4) is 0 Å². The quantitative estimate of drug-likeness (QED) is 0.833. The van der Waals surface area contributed by atoms with Crippen molar-refractivity contribution in [2.45, 2.75) is 19.4 Å². The van der Waals surface area contributed by atoms with Gasteiger partial charge in [0, 0.05) is 17.1 Å². The lowest BCUT2D eigenvalue weighted by molar-refractivity contribution is 0.414. The van der Waals surface area contributed by atoms with Gasteiger partial charge in [0.2, 0.25) is 0 Å². The van der Waals surface area contributed by atoms with Crippen molar-refractivity contribution >= 4 is 17.3 Å². The Balaban J connectivity index is 2.97. The maximum Gasteiger partial charge on any atom is 0.142 e. The smallest absolute Gasteiger partial charge is 0.142 e. The SMILES string of the molecule is COc1ccc(Cl)cc1NC(C)(C)CN. The van der Waals surface area contributed by atoms with Crippen molar-refractivity contribution in [1.82, 2.24) is 0 Å². The number of anilines is 1. The number of nitrogens with one attached hydrogen (secondary N) is 1. The average Bonchev–Trinajstić information content (AvgIpc) is 2.18. The van der Waals surface area contributed by atoms with Crippen LogP contribution in [0.1, 0.15) is 13.8 Å². The third-order valence-corrected chi connectivity index (χ3v) is 2.38. The van der Waals surface area contributed by atoms with Crippen LogP contribution in [0.5, 0.6) is 5.75 Å². The van der Waals surface area contributed by atoms with Gasteiger partial charge >= 0.3 is 0 Å². The molecule has 0 aliphatic rings. The van der Waals surface area contributed by atoms with E-state index in [1.54, 1.807) is 13.2 Å². The van der Waals surface area contributed by atoms with Gasteiger partial charge in [-0.1, -0.05) is 11.6 Å². The van der Waals surface area contributed by atoms with E-state index in [0.717, 1.165) is 11.4 Å². The van der Waals surface area contributed by atoms with Crippen molar-refractivity contribution in [1.29, 1.82) is 0 Å². The molecule has 0 fully saturated rings. The Hall–Kier alpha value is -0.930. The molecule has 1 aromatic carbocycles. The second-order valence-electron chi connectivity index (χ2n) is 4.06. The summed E-state index contributed by atoms with van der Waals surface area (Å²) < 4.78 is 5.23. The van der Waals surface area contributed by atoms with E-state index in [1.165, 1.54) is 0 Å². The summed E-state index contributed by atoms with van der Waals surface area (Å²) in [7, 11) is 1.63. The predicted octanol–water partition coefficient (Wildman–Crippen LogP) is 2.50. The number of methoxy groups -OCH3 is 1. The summed E-state index contributed by atoms with van der Waals surface area (Å²) in [6.07, 6.45) is 0. The number of nitrogens with two attached hydrogens (primary N) is 1. The van der Waals surface area contributed by atoms with Crippen LogP contribution in [0.25, 0.3) is 0 Å². The molecule has 0 aliphatic carbocycles. The molecule has 0 atom stereocenters. The molecule has 84 valence electrons. The van der Waals surface area contributed by atoms with Gasteiger partial charge < -0.3 is 15.8 Å². The number of ether oxygens (including phenoxy) is 1. The molecule has 4 heteroatoms. The zero-order valence-corrected chi connectivity index (χ0v) is 10.1. The highest BCUT2D eigenvalue weighted by molar-refractivity contribution is 6.30. The Morgan fingerprint density at radius 2 is 2.13 bits per heavy atom. The molecule has 0 bridgehead atoms. The van der Waals surface area contributed by atoms with Crippen molar-refractivity contribution in [2.24, 2.45) is 5.73 Å². The molecular weight excluding hydrogens is 212 g/mol. The van der Waals surface area contributed by atoms with Gasteiger partial charge in [-0.3, -0.25) is 0 Å². The lowest BCUT2D eigenvalue weighted by Crippen LogP contribution is -2.39. The molecule has 0 unspecified atom stereocenters. The van der Waals surface area contributed by atoms with Crippen molar-refractivity contribution < 1.29 is 4.74 Å². The van der Waals surface area contributed by atoms with Crippen LogP contribution in [0.2, 0.25) is 5.02 Å². The normalized spacial score (nSPS) is 11.3. The van der Waals surface area contributed by atoms with Crippen LogP contribution in [0.4, 0.5) is 5.69 Å². The van der Waals surface area contributed by atoms with Gasteiger partial charge in [0.15, 0.2) is 0 Å². The highest BCUT2D eigenvalue weighted by Crippen LogP contribution is 2.29. The fourth-order valence-electron chi connectivity index (χ4n) is 1.19. The molecule has 0 saturated carbocycles. The third-order valence-electron chi connectivity index (χ3n) is 2.14. The maximum absolute atomic E-state index is 5.92. The van der Waals surface area contributed by atoms with Crippen LogP contribution in [0.15, 0.2) is 18.2 Å². The molecule has 0 saturated heterocycles. The standard InChI is InChI=1S/C11H17ClN2O/c1-11(2,7-13)14-9-6-8(12)4-5-10(9)15-3/h4-6,14H,7,13H2,1-3H3. The van der Waals surface area contributed by atoms with Crippen LogP contribution >= 0.6 is 11.6 Å². The lowest BCUT2D eigenvalue weighted by Gasteiger charge is -2.26. The second-order valence-corrected chi connectivity index (χ2v) is 4.49. The molecule has 3 nitrogen and oxygen atoms in total. The van der Waals surface area contributed by atoms with E-state index in [0.29, 0.717) is 11.6 Å². The summed E-state index contributed by atoms with van der Waals surface area (Å²) in [5, 5.41) is 3.97. The fraction of sp³-hybridized carbons (Fsp3) is 0.455. The van der Waals surface area contributed by atoms with Crippen molar-refractivity contribution in [3.05, 3.63) is 23.2 Å². The molecule has 3 N–H and O–H groups in total. The van der Waals surface area contributed by atoms with Crippen molar-refractivity contribution in [3.8, 4) is 5.75 Å². The van der Waals surface area contributed by atoms with Gasteiger partial charge in [-0.2, -0.15) is 0 Å². The van der Waals surface area contributed by atoms with E-state index in [2.05, 4.69) is 5.32 Å². The minimum absolute atomic E-state index is 0.183. The Kier molecular flexibility index (Phi) is 3.83. The Labute approximate surface area is 95.6 Å². The van der Waals surface area contributed by atoms with Gasteiger partial charge in [-0.05, 0) is 32.0 Å². The zero-order valence-electron chi connectivity index (χ0n) is 9.30. The first kappa shape index (κ1) is 12.1. The first-order valence-corrected chi connectivity index (χ1v) is 5.18. The van der Waals surface area contributed by atoms with E-state index in [-0.39, 0.29) is 5.54 Å². The molecule has 0 aliphatic heterocycles. The van der Waals surface area contributed by atoms with Gasteiger partial charge in [-0.25, -0.2) is 0 Å². The summed E-state index contributed by atoms with van der Waals surface area (Å²) in [5.41, 5.74) is 6.33. The Morgan fingerprint density at radius 3 is 2.67 bits per heavy atom. The third kappa shape index (κ3) is 3.29. The van der Waals surface area contributed by atoms with Crippen molar-refractivity contribution in [2.75, 3.05) is 19.0 Å². The van der Waals surface area contributed by atoms with Gasteiger partial charge in [0.25, 0.3) is 0 Å². The molecule has 0 heterocycles. The lowest BCUT2D eigenvalue weighted by atomic mass is 10.1. The van der Waals surface area contributed by atoms with Gasteiger partial charge in [0.1, 0.15) is 5.75 Å². The number of hydrogen-bond donors (Lipinski definition) is 2. The van der Waals surface area contributed by atoms with Crippen molar-refractivity contribution in [3.63, 3.8) is 0 Å².